The molecule has 1 unspecified atom stereocenters. The van der Waals surface area contributed by atoms with Crippen LogP contribution in [0, 0.1) is 0 Å². The summed E-state index contributed by atoms with van der Waals surface area (Å²) in [7, 11) is -1.89. The highest BCUT2D eigenvalue weighted by Crippen LogP contribution is 2.61. The van der Waals surface area contributed by atoms with Gasteiger partial charge in [0.2, 0.25) is 0 Å². The van der Waals surface area contributed by atoms with Gasteiger partial charge >= 0.3 is 0 Å². The first-order valence-electron chi connectivity index (χ1n) is 9.84. The van der Waals surface area contributed by atoms with Gasteiger partial charge in [-0.1, -0.05) is 88.0 Å². The predicted octanol–water partition coefficient (Wildman–Crippen LogP) is 6.88. The zero-order valence-corrected chi connectivity index (χ0v) is 19.7. The van der Waals surface area contributed by atoms with Crippen molar-refractivity contribution in [3.8, 4) is 0 Å². The Morgan fingerprint density at radius 2 is 1.48 bits per heavy atom. The van der Waals surface area contributed by atoms with E-state index >= 15 is 0 Å². The smallest absolute Gasteiger partial charge is 0.121 e. The fourth-order valence-corrected chi connectivity index (χ4v) is 14.8. The van der Waals surface area contributed by atoms with Crippen LogP contribution in [0.4, 0.5) is 0 Å². The average molecular weight is 417 g/mol. The van der Waals surface area contributed by atoms with E-state index < -0.39 is 8.07 Å². The molecule has 27 heavy (non-hydrogen) atoms. The van der Waals surface area contributed by atoms with Crippen molar-refractivity contribution in [3.63, 3.8) is 0 Å². The third kappa shape index (κ3) is 4.34. The highest BCUT2D eigenvalue weighted by molar-refractivity contribution is 8.20. The summed E-state index contributed by atoms with van der Waals surface area (Å²) in [4.78, 5) is 0. The molecule has 2 aromatic rings. The molecule has 146 valence electrons. The quantitative estimate of drug-likeness (QED) is 0.475. The van der Waals surface area contributed by atoms with E-state index in [1.807, 2.05) is 0 Å². The van der Waals surface area contributed by atoms with Crippen LogP contribution in [-0.2, 0) is 15.0 Å². The van der Waals surface area contributed by atoms with E-state index in [0.717, 1.165) is 6.23 Å². The van der Waals surface area contributed by atoms with Crippen molar-refractivity contribution in [2.24, 2.45) is 0 Å². The second kappa shape index (κ2) is 8.77. The van der Waals surface area contributed by atoms with Crippen LogP contribution < -0.4 is 0 Å². The SMILES string of the molecule is CC(C)(C)[Si](C)(COCc1ccccc1)C1(c2ccccc2)SCCCS1. The number of rotatable bonds is 6. The lowest BCUT2D eigenvalue weighted by atomic mass is 10.2. The van der Waals surface area contributed by atoms with Gasteiger partial charge in [0, 0.05) is 6.23 Å². The summed E-state index contributed by atoms with van der Waals surface area (Å²) in [5, 5.41) is 0.247. The molecule has 0 amide bonds. The van der Waals surface area contributed by atoms with Gasteiger partial charge in [-0.15, -0.1) is 23.5 Å². The fraction of sp³-hybridized carbons (Fsp3) is 0.478. The molecule has 2 aromatic carbocycles. The molecule has 1 fully saturated rings. The van der Waals surface area contributed by atoms with Crippen LogP contribution >= 0.6 is 23.5 Å². The maximum absolute atomic E-state index is 6.45. The van der Waals surface area contributed by atoms with E-state index in [1.165, 1.54) is 29.1 Å². The third-order valence-corrected chi connectivity index (χ3v) is 18.3. The molecule has 1 aliphatic rings. The summed E-state index contributed by atoms with van der Waals surface area (Å²) >= 11 is 4.38. The normalized spacial score (nSPS) is 19.4. The molecule has 1 nitrogen and oxygen atoms in total. The summed E-state index contributed by atoms with van der Waals surface area (Å²) in [5.74, 6) is 2.50. The second-order valence-corrected chi connectivity index (χ2v) is 17.4. The Morgan fingerprint density at radius 1 is 0.926 bits per heavy atom. The summed E-state index contributed by atoms with van der Waals surface area (Å²) in [6, 6.07) is 21.8. The first-order valence-corrected chi connectivity index (χ1v) is 14.5. The lowest BCUT2D eigenvalue weighted by Crippen LogP contribution is -2.60. The topological polar surface area (TPSA) is 9.23 Å². The summed E-state index contributed by atoms with van der Waals surface area (Å²) in [6.07, 6.45) is 2.20. The van der Waals surface area contributed by atoms with Crippen molar-refractivity contribution in [1.29, 1.82) is 0 Å². The van der Waals surface area contributed by atoms with E-state index in [2.05, 4.69) is 112 Å². The van der Waals surface area contributed by atoms with E-state index in [4.69, 9.17) is 4.74 Å². The molecule has 1 heterocycles. The minimum Gasteiger partial charge on any atom is -0.380 e. The van der Waals surface area contributed by atoms with Crippen LogP contribution in [0.15, 0.2) is 60.7 Å². The lowest BCUT2D eigenvalue weighted by Gasteiger charge is -2.54. The molecule has 0 spiro atoms. The molecule has 0 bridgehead atoms. The van der Waals surface area contributed by atoms with Gasteiger partial charge in [0.15, 0.2) is 0 Å². The molecule has 0 N–H and O–H groups in total. The zero-order valence-electron chi connectivity index (χ0n) is 17.0. The maximum atomic E-state index is 6.45. The molecular formula is C23H32OS2Si. The molecule has 0 aromatic heterocycles. The van der Waals surface area contributed by atoms with Gasteiger partial charge in [0.25, 0.3) is 0 Å². The molecule has 4 heteroatoms. The summed E-state index contributed by atoms with van der Waals surface area (Å²) < 4.78 is 6.60. The summed E-state index contributed by atoms with van der Waals surface area (Å²) in [5.41, 5.74) is 2.76. The Bertz CT molecular complexity index is 708. The first kappa shape index (κ1) is 21.0. The molecular weight excluding hydrogens is 384 g/mol. The van der Waals surface area contributed by atoms with Gasteiger partial charge in [-0.05, 0) is 34.1 Å². The van der Waals surface area contributed by atoms with Gasteiger partial charge in [-0.25, -0.2) is 0 Å². The third-order valence-electron chi connectivity index (χ3n) is 5.94. The highest BCUT2D eigenvalue weighted by atomic mass is 32.2. The highest BCUT2D eigenvalue weighted by Gasteiger charge is 2.59. The van der Waals surface area contributed by atoms with Crippen LogP contribution in [0.2, 0.25) is 11.6 Å². The van der Waals surface area contributed by atoms with Crippen molar-refractivity contribution in [2.75, 3.05) is 17.7 Å². The van der Waals surface area contributed by atoms with E-state index in [0.29, 0.717) is 6.61 Å². The average Bonchev–Trinajstić information content (AvgIpc) is 2.69. The summed E-state index contributed by atoms with van der Waals surface area (Å²) in [6.45, 7) is 10.6. The standard InChI is InChI=1S/C23H32OS2Si/c1-22(2,3)27(4,19-24-18-20-12-7-5-8-13-20)23(25-16-11-17-26-23)21-14-9-6-10-15-21/h5-10,12-15H,11,16-19H2,1-4H3. The minimum absolute atomic E-state index is 0.154. The van der Waals surface area contributed by atoms with Gasteiger partial charge in [-0.2, -0.15) is 0 Å². The zero-order chi connectivity index (χ0) is 19.4. The number of benzene rings is 2. The second-order valence-electron chi connectivity index (χ2n) is 8.59. The number of ether oxygens (including phenoxy) is 1. The fourth-order valence-electron chi connectivity index (χ4n) is 3.75. The van der Waals surface area contributed by atoms with Gasteiger partial charge in [-0.3, -0.25) is 0 Å². The van der Waals surface area contributed by atoms with E-state index in [9.17, 15) is 0 Å². The number of hydrogen-bond acceptors (Lipinski definition) is 3. The van der Waals surface area contributed by atoms with E-state index in [1.54, 1.807) is 0 Å². The molecule has 3 rings (SSSR count). The van der Waals surface area contributed by atoms with E-state index in [-0.39, 0.29) is 8.74 Å². The molecule has 1 saturated heterocycles. The number of hydrogen-bond donors (Lipinski definition) is 0. The van der Waals surface area contributed by atoms with Crippen molar-refractivity contribution >= 4 is 31.6 Å². The molecule has 1 aliphatic heterocycles. The van der Waals surface area contributed by atoms with Gasteiger partial charge in [0.1, 0.15) is 8.07 Å². The molecule has 1 atom stereocenters. The van der Waals surface area contributed by atoms with Crippen LogP contribution in [0.3, 0.4) is 0 Å². The van der Waals surface area contributed by atoms with Crippen molar-refractivity contribution in [2.45, 2.75) is 49.1 Å². The Kier molecular flexibility index (Phi) is 6.83. The van der Waals surface area contributed by atoms with Crippen molar-refractivity contribution in [1.82, 2.24) is 0 Å². The lowest BCUT2D eigenvalue weighted by molar-refractivity contribution is 0.155. The van der Waals surface area contributed by atoms with Crippen LogP contribution in [0.25, 0.3) is 0 Å². The Morgan fingerprint density at radius 3 is 2.04 bits per heavy atom. The monoisotopic (exact) mass is 416 g/mol. The van der Waals surface area contributed by atoms with Crippen LogP contribution in [0.5, 0.6) is 0 Å². The predicted molar refractivity (Wildman–Crippen MR) is 125 cm³/mol. The Hall–Kier alpha value is -0.683. The Balaban J connectivity index is 1.93. The molecule has 0 aliphatic carbocycles. The molecule has 0 radical (unpaired) electrons. The molecule has 0 saturated carbocycles. The van der Waals surface area contributed by atoms with Crippen molar-refractivity contribution in [3.05, 3.63) is 71.8 Å². The largest absolute Gasteiger partial charge is 0.380 e. The van der Waals surface area contributed by atoms with Crippen LogP contribution in [0.1, 0.15) is 38.3 Å². The van der Waals surface area contributed by atoms with Gasteiger partial charge in [0.05, 0.1) is 10.3 Å². The number of thioether (sulfide) groups is 2. The minimum atomic E-state index is -1.89. The Labute approximate surface area is 174 Å². The van der Waals surface area contributed by atoms with Gasteiger partial charge < -0.3 is 4.74 Å². The maximum Gasteiger partial charge on any atom is 0.121 e. The first-order chi connectivity index (χ1) is 12.9. The van der Waals surface area contributed by atoms with Crippen molar-refractivity contribution < 1.29 is 4.74 Å². The van der Waals surface area contributed by atoms with Crippen LogP contribution in [-0.4, -0.2) is 25.8 Å².